The highest BCUT2D eigenvalue weighted by Crippen LogP contribution is 2.27. The minimum absolute atomic E-state index is 0.0260. The number of nitro benzene ring substituents is 1. The molecule has 7 heteroatoms. The Morgan fingerprint density at radius 2 is 1.75 bits per heavy atom. The van der Waals surface area contributed by atoms with E-state index in [1.807, 2.05) is 36.4 Å². The molecule has 0 unspecified atom stereocenters. The van der Waals surface area contributed by atoms with Crippen molar-refractivity contribution in [2.75, 3.05) is 0 Å². The van der Waals surface area contributed by atoms with E-state index in [1.165, 1.54) is 22.9 Å². The van der Waals surface area contributed by atoms with E-state index in [1.54, 1.807) is 18.3 Å². The number of halogens is 1. The topological polar surface area (TPSA) is 74.0 Å². The van der Waals surface area contributed by atoms with Crippen LogP contribution in [0.5, 0.6) is 5.75 Å². The van der Waals surface area contributed by atoms with E-state index in [9.17, 15) is 10.1 Å². The van der Waals surface area contributed by atoms with E-state index < -0.39 is 4.92 Å². The number of hydrogen-bond acceptors (Lipinski definition) is 5. The highest BCUT2D eigenvalue weighted by atomic mass is 79.9. The molecule has 0 saturated heterocycles. The number of nitrogens with zero attached hydrogens (tertiary/aromatic N) is 2. The van der Waals surface area contributed by atoms with Gasteiger partial charge in [-0.1, -0.05) is 59.8 Å². The Balaban J connectivity index is 1.35. The van der Waals surface area contributed by atoms with Crippen LogP contribution < -0.4 is 4.74 Å². The quantitative estimate of drug-likeness (QED) is 0.157. The maximum atomic E-state index is 10.8. The molecular formula is C25H19BrN2O4. The molecule has 4 rings (SSSR count). The Hall–Kier alpha value is -3.71. The average Bonchev–Trinajstić information content (AvgIpc) is 2.81. The van der Waals surface area contributed by atoms with Crippen molar-refractivity contribution in [2.45, 2.75) is 13.2 Å². The first-order chi connectivity index (χ1) is 15.6. The van der Waals surface area contributed by atoms with Crippen LogP contribution in [0.2, 0.25) is 0 Å². The molecule has 0 atom stereocenters. The SMILES string of the molecule is O=[N+]([O-])c1cccc(CO/N=C\c2ccc(OCc3cccc4ccccc34)c(Br)c2)c1. The monoisotopic (exact) mass is 490 g/mol. The molecule has 0 bridgehead atoms. The zero-order chi connectivity index (χ0) is 22.3. The molecule has 0 N–H and O–H groups in total. The first kappa shape index (κ1) is 21.5. The molecule has 0 aliphatic carbocycles. The molecule has 4 aromatic rings. The highest BCUT2D eigenvalue weighted by molar-refractivity contribution is 9.10. The fourth-order valence-corrected chi connectivity index (χ4v) is 3.77. The van der Waals surface area contributed by atoms with Gasteiger partial charge in [-0.05, 0) is 61.6 Å². The maximum Gasteiger partial charge on any atom is 0.269 e. The molecule has 0 saturated carbocycles. The molecular weight excluding hydrogens is 472 g/mol. The van der Waals surface area contributed by atoms with E-state index in [-0.39, 0.29) is 12.3 Å². The average molecular weight is 491 g/mol. The third kappa shape index (κ3) is 5.31. The van der Waals surface area contributed by atoms with Gasteiger partial charge in [0, 0.05) is 12.1 Å². The number of nitro groups is 1. The van der Waals surface area contributed by atoms with Gasteiger partial charge in [-0.2, -0.15) is 0 Å². The predicted octanol–water partition coefficient (Wildman–Crippen LogP) is 6.64. The lowest BCUT2D eigenvalue weighted by Crippen LogP contribution is -1.97. The van der Waals surface area contributed by atoms with Crippen molar-refractivity contribution in [1.29, 1.82) is 0 Å². The Bertz CT molecular complexity index is 1280. The predicted molar refractivity (Wildman–Crippen MR) is 128 cm³/mol. The van der Waals surface area contributed by atoms with Crippen LogP contribution in [0, 0.1) is 10.1 Å². The first-order valence-corrected chi connectivity index (χ1v) is 10.7. The van der Waals surface area contributed by atoms with Crippen molar-refractivity contribution in [3.8, 4) is 5.75 Å². The third-order valence-electron chi connectivity index (χ3n) is 4.85. The number of fused-ring (bicyclic) bond motifs is 1. The second kappa shape index (κ2) is 10.1. The molecule has 0 amide bonds. The molecule has 0 aliphatic heterocycles. The Morgan fingerprint density at radius 1 is 0.938 bits per heavy atom. The van der Waals surface area contributed by atoms with Crippen molar-refractivity contribution in [3.05, 3.63) is 116 Å². The summed E-state index contributed by atoms with van der Waals surface area (Å²) >= 11 is 3.55. The van der Waals surface area contributed by atoms with E-state index in [2.05, 4.69) is 45.4 Å². The van der Waals surface area contributed by atoms with Gasteiger partial charge in [0.1, 0.15) is 19.0 Å². The van der Waals surface area contributed by atoms with Crippen LogP contribution >= 0.6 is 15.9 Å². The summed E-state index contributed by atoms with van der Waals surface area (Å²) in [6, 6.07) is 26.3. The molecule has 4 aromatic carbocycles. The summed E-state index contributed by atoms with van der Waals surface area (Å²) in [4.78, 5) is 15.7. The molecule has 0 radical (unpaired) electrons. The fraction of sp³-hybridized carbons (Fsp3) is 0.0800. The minimum Gasteiger partial charge on any atom is -0.488 e. The highest BCUT2D eigenvalue weighted by Gasteiger charge is 2.07. The van der Waals surface area contributed by atoms with Crippen molar-refractivity contribution in [3.63, 3.8) is 0 Å². The van der Waals surface area contributed by atoms with Crippen LogP contribution in [0.15, 0.2) is 94.6 Å². The Labute approximate surface area is 193 Å². The normalized spacial score (nSPS) is 11.0. The standard InChI is InChI=1S/C25H19BrN2O4/c26-24-14-18(15-27-32-16-19-5-3-9-22(13-19)28(29)30)11-12-25(24)31-17-21-8-4-7-20-6-1-2-10-23(20)21/h1-15H,16-17H2/b27-15-. The zero-order valence-corrected chi connectivity index (χ0v) is 18.6. The molecule has 0 aromatic heterocycles. The summed E-state index contributed by atoms with van der Waals surface area (Å²) in [6.07, 6.45) is 1.58. The van der Waals surface area contributed by atoms with Crippen molar-refractivity contribution >= 4 is 38.6 Å². The smallest absolute Gasteiger partial charge is 0.269 e. The number of non-ortho nitro benzene ring substituents is 1. The Kier molecular flexibility index (Phi) is 6.77. The summed E-state index contributed by atoms with van der Waals surface area (Å²) in [6.45, 7) is 0.602. The maximum absolute atomic E-state index is 10.8. The van der Waals surface area contributed by atoms with Crippen LogP contribution in [-0.4, -0.2) is 11.1 Å². The van der Waals surface area contributed by atoms with Gasteiger partial charge < -0.3 is 9.57 Å². The summed E-state index contributed by atoms with van der Waals surface area (Å²) in [5.74, 6) is 0.729. The van der Waals surface area contributed by atoms with Gasteiger partial charge in [0.05, 0.1) is 15.6 Å². The molecule has 160 valence electrons. The number of hydrogen-bond donors (Lipinski definition) is 0. The Morgan fingerprint density at radius 3 is 2.59 bits per heavy atom. The second-order valence-electron chi connectivity index (χ2n) is 7.05. The lowest BCUT2D eigenvalue weighted by molar-refractivity contribution is -0.384. The van der Waals surface area contributed by atoms with Crippen LogP contribution in [-0.2, 0) is 18.1 Å². The lowest BCUT2D eigenvalue weighted by Gasteiger charge is -2.11. The van der Waals surface area contributed by atoms with Crippen molar-refractivity contribution in [2.24, 2.45) is 5.16 Å². The number of benzene rings is 4. The number of rotatable bonds is 8. The van der Waals surface area contributed by atoms with Gasteiger partial charge >= 0.3 is 0 Å². The van der Waals surface area contributed by atoms with E-state index >= 15 is 0 Å². The minimum atomic E-state index is -0.436. The van der Waals surface area contributed by atoms with E-state index in [4.69, 9.17) is 9.57 Å². The van der Waals surface area contributed by atoms with E-state index in [0.717, 1.165) is 21.3 Å². The molecule has 0 aliphatic rings. The van der Waals surface area contributed by atoms with Gasteiger partial charge in [-0.15, -0.1) is 0 Å². The second-order valence-corrected chi connectivity index (χ2v) is 7.91. The molecule has 32 heavy (non-hydrogen) atoms. The van der Waals surface area contributed by atoms with Crippen LogP contribution in [0.4, 0.5) is 5.69 Å². The molecule has 6 nitrogen and oxygen atoms in total. The van der Waals surface area contributed by atoms with E-state index in [0.29, 0.717) is 12.2 Å². The van der Waals surface area contributed by atoms with Gasteiger partial charge in [-0.3, -0.25) is 10.1 Å². The molecule has 0 spiro atoms. The largest absolute Gasteiger partial charge is 0.488 e. The van der Waals surface area contributed by atoms with Crippen LogP contribution in [0.1, 0.15) is 16.7 Å². The summed E-state index contributed by atoms with van der Waals surface area (Å²) in [5.41, 5.74) is 2.65. The van der Waals surface area contributed by atoms with Gasteiger partial charge in [0.15, 0.2) is 0 Å². The molecule has 0 fully saturated rings. The van der Waals surface area contributed by atoms with Crippen molar-refractivity contribution in [1.82, 2.24) is 0 Å². The molecule has 0 heterocycles. The van der Waals surface area contributed by atoms with Crippen LogP contribution in [0.3, 0.4) is 0 Å². The zero-order valence-electron chi connectivity index (χ0n) is 17.0. The number of oxime groups is 1. The summed E-state index contributed by atoms with van der Waals surface area (Å²) in [7, 11) is 0. The lowest BCUT2D eigenvalue weighted by atomic mass is 10.1. The van der Waals surface area contributed by atoms with Gasteiger partial charge in [-0.25, -0.2) is 0 Å². The van der Waals surface area contributed by atoms with Crippen LogP contribution in [0.25, 0.3) is 10.8 Å². The summed E-state index contributed by atoms with van der Waals surface area (Å²) < 4.78 is 6.83. The third-order valence-corrected chi connectivity index (χ3v) is 5.47. The van der Waals surface area contributed by atoms with Crippen molar-refractivity contribution < 1.29 is 14.5 Å². The van der Waals surface area contributed by atoms with Gasteiger partial charge in [0.25, 0.3) is 5.69 Å². The fourth-order valence-electron chi connectivity index (χ4n) is 3.26. The number of ether oxygens (including phenoxy) is 1. The van der Waals surface area contributed by atoms with Gasteiger partial charge in [0.2, 0.25) is 0 Å². The summed E-state index contributed by atoms with van der Waals surface area (Å²) in [5, 5.41) is 17.1. The first-order valence-electron chi connectivity index (χ1n) is 9.88.